The minimum absolute atomic E-state index is 0.0845. The van der Waals surface area contributed by atoms with Gasteiger partial charge in [0.1, 0.15) is 5.60 Å². The molecule has 21 heavy (non-hydrogen) atoms. The van der Waals surface area contributed by atoms with Gasteiger partial charge in [0.05, 0.1) is 28.9 Å². The van der Waals surface area contributed by atoms with Crippen molar-refractivity contribution in [3.63, 3.8) is 0 Å². The Bertz CT molecular complexity index is 631. The molecule has 1 aromatic rings. The number of nitrogens with one attached hydrogen (secondary N) is 1. The van der Waals surface area contributed by atoms with Crippen LogP contribution in [0.25, 0.3) is 0 Å². The predicted octanol–water partition coefficient (Wildman–Crippen LogP) is 0.0730. The molecule has 1 aliphatic heterocycles. The third kappa shape index (κ3) is 4.25. The van der Waals surface area contributed by atoms with Crippen LogP contribution in [0.15, 0.2) is 29.2 Å². The fraction of sp³-hybridized carbons (Fsp3) is 0.500. The Hall–Kier alpha value is -1.46. The molecule has 0 spiro atoms. The smallest absolute Gasteiger partial charge is 0.179 e. The van der Waals surface area contributed by atoms with E-state index in [1.807, 2.05) is 6.07 Å². The maximum Gasteiger partial charge on any atom is 0.179 e. The molecular formula is C14H18N2O4S. The third-order valence-electron chi connectivity index (χ3n) is 3.41. The average molecular weight is 310 g/mol. The highest BCUT2D eigenvalue weighted by Gasteiger charge is 2.31. The van der Waals surface area contributed by atoms with E-state index in [-0.39, 0.29) is 23.8 Å². The van der Waals surface area contributed by atoms with Crippen LogP contribution in [-0.4, -0.2) is 51.2 Å². The zero-order chi connectivity index (χ0) is 15.3. The van der Waals surface area contributed by atoms with Crippen LogP contribution in [0.1, 0.15) is 12.0 Å². The Labute approximate surface area is 124 Å². The summed E-state index contributed by atoms with van der Waals surface area (Å²) in [5.41, 5.74) is -0.578. The van der Waals surface area contributed by atoms with Crippen LogP contribution < -0.4 is 5.32 Å². The monoisotopic (exact) mass is 310 g/mol. The van der Waals surface area contributed by atoms with Gasteiger partial charge in [0.15, 0.2) is 9.84 Å². The first kappa shape index (κ1) is 15.9. The molecular weight excluding hydrogens is 292 g/mol. The average Bonchev–Trinajstić information content (AvgIpc) is 2.91. The van der Waals surface area contributed by atoms with Crippen molar-refractivity contribution in [1.29, 1.82) is 5.26 Å². The van der Waals surface area contributed by atoms with Gasteiger partial charge in [0.2, 0.25) is 0 Å². The second kappa shape index (κ2) is 6.54. The van der Waals surface area contributed by atoms with Gasteiger partial charge in [-0.3, -0.25) is 0 Å². The first-order chi connectivity index (χ1) is 9.95. The molecule has 1 unspecified atom stereocenters. The molecule has 0 aromatic heterocycles. The van der Waals surface area contributed by atoms with Crippen LogP contribution in [0.3, 0.4) is 0 Å². The lowest BCUT2D eigenvalue weighted by Crippen LogP contribution is -2.42. The lowest BCUT2D eigenvalue weighted by atomic mass is 10.0. The standard InChI is InChI=1S/C14H18N2O4S/c15-9-12-2-1-3-13(8-12)21(18,19)7-5-16-10-14(17)4-6-20-11-14/h1-3,8,16-17H,4-7,10-11H2. The van der Waals surface area contributed by atoms with Crippen LogP contribution in [0.5, 0.6) is 0 Å². The van der Waals surface area contributed by atoms with E-state index in [2.05, 4.69) is 5.32 Å². The van der Waals surface area contributed by atoms with Gasteiger partial charge in [-0.25, -0.2) is 8.42 Å². The lowest BCUT2D eigenvalue weighted by molar-refractivity contribution is 0.0276. The highest BCUT2D eigenvalue weighted by molar-refractivity contribution is 7.91. The molecule has 2 rings (SSSR count). The summed E-state index contributed by atoms with van der Waals surface area (Å²) in [6, 6.07) is 7.89. The molecule has 0 radical (unpaired) electrons. The molecule has 2 N–H and O–H groups in total. The predicted molar refractivity (Wildman–Crippen MR) is 76.5 cm³/mol. The van der Waals surface area contributed by atoms with E-state index in [0.29, 0.717) is 25.1 Å². The quantitative estimate of drug-likeness (QED) is 0.722. The van der Waals surface area contributed by atoms with Crippen molar-refractivity contribution >= 4 is 9.84 Å². The van der Waals surface area contributed by atoms with Crippen LogP contribution in [0.2, 0.25) is 0 Å². The Morgan fingerprint density at radius 2 is 2.29 bits per heavy atom. The van der Waals surface area contributed by atoms with E-state index >= 15 is 0 Å². The minimum Gasteiger partial charge on any atom is -0.386 e. The summed E-state index contributed by atoms with van der Waals surface area (Å²) in [7, 11) is -3.43. The Balaban J connectivity index is 1.88. The molecule has 7 heteroatoms. The van der Waals surface area contributed by atoms with E-state index in [1.54, 1.807) is 12.1 Å². The fourth-order valence-corrected chi connectivity index (χ4v) is 3.38. The summed E-state index contributed by atoms with van der Waals surface area (Å²) < 4.78 is 29.4. The van der Waals surface area contributed by atoms with Crippen LogP contribution in [0, 0.1) is 11.3 Å². The largest absolute Gasteiger partial charge is 0.386 e. The minimum atomic E-state index is -3.43. The summed E-state index contributed by atoms with van der Waals surface area (Å²) >= 11 is 0. The molecule has 1 aromatic carbocycles. The van der Waals surface area contributed by atoms with E-state index < -0.39 is 15.4 Å². The lowest BCUT2D eigenvalue weighted by Gasteiger charge is -2.20. The number of nitrogens with zero attached hydrogens (tertiary/aromatic N) is 1. The van der Waals surface area contributed by atoms with E-state index in [0.717, 1.165) is 0 Å². The maximum atomic E-state index is 12.1. The summed E-state index contributed by atoms with van der Waals surface area (Å²) in [4.78, 5) is 0.145. The van der Waals surface area contributed by atoms with Crippen molar-refractivity contribution in [2.75, 3.05) is 32.1 Å². The number of nitriles is 1. The van der Waals surface area contributed by atoms with Gasteiger partial charge in [-0.1, -0.05) is 6.07 Å². The molecule has 0 amide bonds. The van der Waals surface area contributed by atoms with Crippen molar-refractivity contribution < 1.29 is 18.3 Å². The fourth-order valence-electron chi connectivity index (χ4n) is 2.14. The van der Waals surface area contributed by atoms with Gasteiger partial charge in [-0.05, 0) is 18.2 Å². The molecule has 0 saturated carbocycles. The summed E-state index contributed by atoms with van der Waals surface area (Å²) in [5.74, 6) is -0.0845. The number of aliphatic hydroxyl groups is 1. The van der Waals surface area contributed by atoms with Crippen LogP contribution in [0.4, 0.5) is 0 Å². The number of sulfone groups is 1. The highest BCUT2D eigenvalue weighted by atomic mass is 32.2. The molecule has 1 atom stereocenters. The highest BCUT2D eigenvalue weighted by Crippen LogP contribution is 2.17. The zero-order valence-electron chi connectivity index (χ0n) is 11.6. The molecule has 114 valence electrons. The summed E-state index contributed by atoms with van der Waals surface area (Å²) in [5, 5.41) is 21.8. The number of hydrogen-bond donors (Lipinski definition) is 2. The number of ether oxygens (including phenoxy) is 1. The van der Waals surface area contributed by atoms with Crippen molar-refractivity contribution in [3.05, 3.63) is 29.8 Å². The molecule has 1 fully saturated rings. The van der Waals surface area contributed by atoms with Crippen molar-refractivity contribution in [3.8, 4) is 6.07 Å². The first-order valence-electron chi connectivity index (χ1n) is 6.69. The van der Waals surface area contributed by atoms with Gasteiger partial charge in [0, 0.05) is 26.1 Å². The molecule has 0 bridgehead atoms. The normalized spacial score (nSPS) is 22.1. The third-order valence-corrected chi connectivity index (χ3v) is 5.12. The molecule has 1 heterocycles. The molecule has 1 saturated heterocycles. The Morgan fingerprint density at radius 3 is 2.95 bits per heavy atom. The number of benzene rings is 1. The molecule has 0 aliphatic carbocycles. The summed E-state index contributed by atoms with van der Waals surface area (Å²) in [6.07, 6.45) is 0.553. The van der Waals surface area contributed by atoms with Gasteiger partial charge in [-0.2, -0.15) is 5.26 Å². The number of rotatable bonds is 6. The van der Waals surface area contributed by atoms with Gasteiger partial charge in [-0.15, -0.1) is 0 Å². The van der Waals surface area contributed by atoms with Gasteiger partial charge in [0.25, 0.3) is 0 Å². The Morgan fingerprint density at radius 1 is 1.48 bits per heavy atom. The van der Waals surface area contributed by atoms with E-state index in [1.165, 1.54) is 12.1 Å². The zero-order valence-corrected chi connectivity index (χ0v) is 12.4. The first-order valence-corrected chi connectivity index (χ1v) is 8.34. The topological polar surface area (TPSA) is 99.4 Å². The van der Waals surface area contributed by atoms with Crippen LogP contribution in [-0.2, 0) is 14.6 Å². The second-order valence-electron chi connectivity index (χ2n) is 5.16. The molecule has 6 nitrogen and oxygen atoms in total. The second-order valence-corrected chi connectivity index (χ2v) is 7.27. The van der Waals surface area contributed by atoms with Crippen molar-refractivity contribution in [1.82, 2.24) is 5.32 Å². The number of hydrogen-bond acceptors (Lipinski definition) is 6. The van der Waals surface area contributed by atoms with Gasteiger partial charge < -0.3 is 15.2 Å². The summed E-state index contributed by atoms with van der Waals surface area (Å²) in [6.45, 7) is 1.34. The van der Waals surface area contributed by atoms with Crippen LogP contribution >= 0.6 is 0 Å². The Kier molecular flexibility index (Phi) is 4.96. The van der Waals surface area contributed by atoms with Crippen molar-refractivity contribution in [2.24, 2.45) is 0 Å². The SMILES string of the molecule is N#Cc1cccc(S(=O)(=O)CCNCC2(O)CCOC2)c1. The maximum absolute atomic E-state index is 12.1. The van der Waals surface area contributed by atoms with E-state index in [9.17, 15) is 13.5 Å². The van der Waals surface area contributed by atoms with Gasteiger partial charge >= 0.3 is 0 Å². The van der Waals surface area contributed by atoms with E-state index in [4.69, 9.17) is 10.00 Å². The van der Waals surface area contributed by atoms with Crippen molar-refractivity contribution in [2.45, 2.75) is 16.9 Å². The molecule has 1 aliphatic rings.